The van der Waals surface area contributed by atoms with Gasteiger partial charge < -0.3 is 9.88 Å². The second kappa shape index (κ2) is 8.07. The zero-order valence-corrected chi connectivity index (χ0v) is 14.4. The molecular formula is C16H22N4O3S. The minimum Gasteiger partial charge on any atom is -0.356 e. The van der Waals surface area contributed by atoms with Crippen molar-refractivity contribution in [1.29, 1.82) is 0 Å². The molecule has 0 aliphatic heterocycles. The smallest absolute Gasteiger partial charge is 0.238 e. The third-order valence-corrected chi connectivity index (χ3v) is 4.61. The van der Waals surface area contributed by atoms with Gasteiger partial charge >= 0.3 is 0 Å². The van der Waals surface area contributed by atoms with E-state index < -0.39 is 10.0 Å². The van der Waals surface area contributed by atoms with E-state index >= 15 is 0 Å². The van der Waals surface area contributed by atoms with Gasteiger partial charge in [-0.2, -0.15) is 0 Å². The first-order valence-electron chi connectivity index (χ1n) is 7.78. The third-order valence-electron chi connectivity index (χ3n) is 3.69. The summed E-state index contributed by atoms with van der Waals surface area (Å²) in [6.07, 6.45) is 5.47. The molecule has 0 bridgehead atoms. The monoisotopic (exact) mass is 350 g/mol. The van der Waals surface area contributed by atoms with E-state index in [1.54, 1.807) is 18.3 Å². The van der Waals surface area contributed by atoms with Gasteiger partial charge in [0.15, 0.2) is 0 Å². The molecule has 1 aromatic carbocycles. The first kappa shape index (κ1) is 18.2. The molecule has 0 aliphatic rings. The van der Waals surface area contributed by atoms with Crippen molar-refractivity contribution in [2.75, 3.05) is 6.54 Å². The molecule has 7 nitrogen and oxygen atoms in total. The molecule has 0 spiro atoms. The average Bonchev–Trinajstić information content (AvgIpc) is 3.00. The second-order valence-electron chi connectivity index (χ2n) is 5.43. The highest BCUT2D eigenvalue weighted by molar-refractivity contribution is 7.89. The van der Waals surface area contributed by atoms with Crippen molar-refractivity contribution in [3.05, 3.63) is 48.0 Å². The molecular weight excluding hydrogens is 328 g/mol. The molecule has 2 aromatic rings. The van der Waals surface area contributed by atoms with Gasteiger partial charge in [0.05, 0.1) is 4.90 Å². The molecule has 2 rings (SSSR count). The van der Waals surface area contributed by atoms with E-state index in [0.717, 1.165) is 17.8 Å². The molecule has 1 aromatic heterocycles. The average molecular weight is 350 g/mol. The quantitative estimate of drug-likeness (QED) is 0.735. The van der Waals surface area contributed by atoms with Gasteiger partial charge in [0, 0.05) is 38.3 Å². The molecule has 0 radical (unpaired) electrons. The highest BCUT2D eigenvalue weighted by atomic mass is 32.2. The second-order valence-corrected chi connectivity index (χ2v) is 6.99. The predicted octanol–water partition coefficient (Wildman–Crippen LogP) is 0.842. The van der Waals surface area contributed by atoms with E-state index in [1.165, 1.54) is 12.1 Å². The maximum atomic E-state index is 11.9. The molecule has 1 amide bonds. The summed E-state index contributed by atoms with van der Waals surface area (Å²) in [7, 11) is -3.67. The van der Waals surface area contributed by atoms with Crippen LogP contribution in [-0.4, -0.2) is 30.4 Å². The van der Waals surface area contributed by atoms with Crippen LogP contribution in [0.3, 0.4) is 0 Å². The highest BCUT2D eigenvalue weighted by Gasteiger charge is 2.07. The fraction of sp³-hybridized carbons (Fsp3) is 0.375. The molecule has 130 valence electrons. The van der Waals surface area contributed by atoms with Gasteiger partial charge in [-0.3, -0.25) is 4.79 Å². The number of hydrogen-bond acceptors (Lipinski definition) is 4. The van der Waals surface area contributed by atoms with Crippen molar-refractivity contribution < 1.29 is 13.2 Å². The zero-order chi connectivity index (χ0) is 17.6. The van der Waals surface area contributed by atoms with Gasteiger partial charge in [0.25, 0.3) is 0 Å². The Morgan fingerprint density at radius 3 is 2.62 bits per heavy atom. The SMILES string of the molecule is CCc1nccn1CCC(=O)NCCc1ccc(S(N)(=O)=O)cc1. The van der Waals surface area contributed by atoms with Crippen LogP contribution in [0.5, 0.6) is 0 Å². The summed E-state index contributed by atoms with van der Waals surface area (Å²) in [4.78, 5) is 16.2. The van der Waals surface area contributed by atoms with Crippen LogP contribution in [0.2, 0.25) is 0 Å². The van der Waals surface area contributed by atoms with Gasteiger partial charge in [-0.25, -0.2) is 18.5 Å². The summed E-state index contributed by atoms with van der Waals surface area (Å²) in [5, 5.41) is 7.91. The number of rotatable bonds is 8. The van der Waals surface area contributed by atoms with Crippen LogP contribution in [0.1, 0.15) is 24.7 Å². The summed E-state index contributed by atoms with van der Waals surface area (Å²) in [6, 6.07) is 6.34. The molecule has 0 fully saturated rings. The highest BCUT2D eigenvalue weighted by Crippen LogP contribution is 2.09. The number of aryl methyl sites for hydroxylation is 2. The van der Waals surface area contributed by atoms with Gasteiger partial charge in [-0.05, 0) is 24.1 Å². The minimum atomic E-state index is -3.67. The predicted molar refractivity (Wildman–Crippen MR) is 90.8 cm³/mol. The molecule has 24 heavy (non-hydrogen) atoms. The fourth-order valence-corrected chi connectivity index (χ4v) is 2.88. The van der Waals surface area contributed by atoms with Gasteiger partial charge in [-0.15, -0.1) is 0 Å². The van der Waals surface area contributed by atoms with E-state index in [1.807, 2.05) is 17.7 Å². The summed E-state index contributed by atoms with van der Waals surface area (Å²) in [5.74, 6) is 0.949. The maximum absolute atomic E-state index is 11.9. The summed E-state index contributed by atoms with van der Waals surface area (Å²) in [5.41, 5.74) is 0.936. The maximum Gasteiger partial charge on any atom is 0.238 e. The third kappa shape index (κ3) is 5.17. The largest absolute Gasteiger partial charge is 0.356 e. The molecule has 0 saturated carbocycles. The Morgan fingerprint density at radius 2 is 2.00 bits per heavy atom. The van der Waals surface area contributed by atoms with Crippen molar-refractivity contribution in [2.24, 2.45) is 5.14 Å². The van der Waals surface area contributed by atoms with Crippen LogP contribution in [0.25, 0.3) is 0 Å². The van der Waals surface area contributed by atoms with Gasteiger partial charge in [-0.1, -0.05) is 19.1 Å². The molecule has 1 heterocycles. The summed E-state index contributed by atoms with van der Waals surface area (Å²) in [6.45, 7) is 3.14. The lowest BCUT2D eigenvalue weighted by molar-refractivity contribution is -0.121. The molecule has 0 saturated heterocycles. The molecule has 0 aliphatic carbocycles. The Hall–Kier alpha value is -2.19. The van der Waals surface area contributed by atoms with E-state index in [9.17, 15) is 13.2 Å². The Balaban J connectivity index is 1.74. The number of hydrogen-bond donors (Lipinski definition) is 2. The fourth-order valence-electron chi connectivity index (χ4n) is 2.36. The van der Waals surface area contributed by atoms with E-state index in [-0.39, 0.29) is 10.8 Å². The normalized spacial score (nSPS) is 11.4. The van der Waals surface area contributed by atoms with Crippen LogP contribution in [0.4, 0.5) is 0 Å². The Kier molecular flexibility index (Phi) is 6.10. The number of aromatic nitrogens is 2. The number of carbonyl (C=O) groups is 1. The number of carbonyl (C=O) groups excluding carboxylic acids is 1. The van der Waals surface area contributed by atoms with E-state index in [0.29, 0.717) is 25.9 Å². The van der Waals surface area contributed by atoms with Crippen molar-refractivity contribution in [3.63, 3.8) is 0 Å². The number of nitrogens with two attached hydrogens (primary N) is 1. The summed E-state index contributed by atoms with van der Waals surface area (Å²) < 4.78 is 24.3. The Labute approximate surface area is 141 Å². The molecule has 0 atom stereocenters. The van der Waals surface area contributed by atoms with E-state index in [4.69, 9.17) is 5.14 Å². The number of imidazole rings is 1. The van der Waals surface area contributed by atoms with Crippen LogP contribution in [-0.2, 0) is 34.2 Å². The lowest BCUT2D eigenvalue weighted by Crippen LogP contribution is -2.26. The number of nitrogens with zero attached hydrogens (tertiary/aromatic N) is 2. The lowest BCUT2D eigenvalue weighted by Gasteiger charge is -2.08. The van der Waals surface area contributed by atoms with Crippen molar-refractivity contribution in [2.45, 2.75) is 37.6 Å². The molecule has 0 unspecified atom stereocenters. The van der Waals surface area contributed by atoms with Crippen LogP contribution >= 0.6 is 0 Å². The van der Waals surface area contributed by atoms with Gasteiger partial charge in [0.2, 0.25) is 15.9 Å². The lowest BCUT2D eigenvalue weighted by atomic mass is 10.1. The number of nitrogens with one attached hydrogen (secondary N) is 1. The first-order chi connectivity index (χ1) is 11.4. The number of sulfonamides is 1. The van der Waals surface area contributed by atoms with E-state index in [2.05, 4.69) is 10.3 Å². The Morgan fingerprint density at radius 1 is 1.29 bits per heavy atom. The van der Waals surface area contributed by atoms with Crippen molar-refractivity contribution in [3.8, 4) is 0 Å². The van der Waals surface area contributed by atoms with Gasteiger partial charge in [0.1, 0.15) is 5.82 Å². The van der Waals surface area contributed by atoms with Crippen LogP contribution < -0.4 is 10.5 Å². The number of primary sulfonamides is 1. The minimum absolute atomic E-state index is 0.0214. The zero-order valence-electron chi connectivity index (χ0n) is 13.6. The standard InChI is InChI=1S/C16H22N4O3S/c1-2-15-18-10-12-20(15)11-8-16(21)19-9-7-13-3-5-14(6-4-13)24(17,22)23/h3-6,10,12H,2,7-9,11H2,1H3,(H,19,21)(H2,17,22,23). The number of benzene rings is 1. The first-order valence-corrected chi connectivity index (χ1v) is 9.33. The van der Waals surface area contributed by atoms with Crippen molar-refractivity contribution in [1.82, 2.24) is 14.9 Å². The molecule has 3 N–H and O–H groups in total. The Bertz CT molecular complexity index is 782. The van der Waals surface area contributed by atoms with Crippen LogP contribution in [0, 0.1) is 0 Å². The van der Waals surface area contributed by atoms with Crippen LogP contribution in [0.15, 0.2) is 41.6 Å². The topological polar surface area (TPSA) is 107 Å². The molecule has 8 heteroatoms. The van der Waals surface area contributed by atoms with Crippen molar-refractivity contribution >= 4 is 15.9 Å². The summed E-state index contributed by atoms with van der Waals surface area (Å²) >= 11 is 0. The number of amides is 1.